The molecule has 3 aliphatic carbocycles. The van der Waals surface area contributed by atoms with Crippen LogP contribution in [0.25, 0.3) is 5.69 Å². The highest BCUT2D eigenvalue weighted by Crippen LogP contribution is 2.59. The highest BCUT2D eigenvalue weighted by Gasteiger charge is 2.55. The maximum Gasteiger partial charge on any atom is 0.349 e. The van der Waals surface area contributed by atoms with E-state index in [0.717, 1.165) is 30.1 Å². The second-order valence-electron chi connectivity index (χ2n) is 9.99. The molecule has 0 spiro atoms. The van der Waals surface area contributed by atoms with E-state index in [1.807, 2.05) is 0 Å². The van der Waals surface area contributed by atoms with Gasteiger partial charge in [0.25, 0.3) is 5.56 Å². The zero-order valence-electron chi connectivity index (χ0n) is 19.9. The van der Waals surface area contributed by atoms with Gasteiger partial charge >= 0.3 is 5.69 Å². The molecule has 3 N–H and O–H groups in total. The summed E-state index contributed by atoms with van der Waals surface area (Å²) < 4.78 is 36.0. The summed E-state index contributed by atoms with van der Waals surface area (Å²) in [6, 6.07) is 6.29. The van der Waals surface area contributed by atoms with Crippen molar-refractivity contribution in [3.8, 4) is 22.9 Å². The van der Waals surface area contributed by atoms with E-state index in [0.29, 0.717) is 5.92 Å². The van der Waals surface area contributed by atoms with E-state index in [-0.39, 0.29) is 49.5 Å². The third-order valence-corrected chi connectivity index (χ3v) is 9.63. The zero-order valence-corrected chi connectivity index (χ0v) is 22.2. The number of hydrogen-bond donors (Lipinski definition) is 3. The van der Waals surface area contributed by atoms with Crippen molar-refractivity contribution in [2.75, 3.05) is 0 Å². The van der Waals surface area contributed by atoms with Crippen molar-refractivity contribution in [3.63, 3.8) is 0 Å². The van der Waals surface area contributed by atoms with Gasteiger partial charge in [0.15, 0.2) is 5.75 Å². The number of ether oxygens (including phenoxy) is 1. The summed E-state index contributed by atoms with van der Waals surface area (Å²) in [5.41, 5.74) is -1.19. The quantitative estimate of drug-likeness (QED) is 0.411. The van der Waals surface area contributed by atoms with Crippen LogP contribution in [0.5, 0.6) is 17.2 Å². The Morgan fingerprint density at radius 1 is 1.16 bits per heavy atom. The van der Waals surface area contributed by atoms with Gasteiger partial charge in [-0.05, 0) is 60.8 Å². The molecule has 1 heterocycles. The lowest BCUT2D eigenvalue weighted by Crippen LogP contribution is -2.59. The molecule has 3 unspecified atom stereocenters. The summed E-state index contributed by atoms with van der Waals surface area (Å²) in [6.45, 7) is 4.33. The average Bonchev–Trinajstić information content (AvgIpc) is 2.81. The molecule has 1 aromatic heterocycles. The third kappa shape index (κ3) is 4.65. The number of aromatic nitrogens is 3. The molecule has 3 atom stereocenters. The molecule has 3 fully saturated rings. The van der Waals surface area contributed by atoms with Crippen molar-refractivity contribution in [3.05, 3.63) is 67.4 Å². The molecule has 6 rings (SSSR count). The van der Waals surface area contributed by atoms with E-state index in [2.05, 4.69) is 28.7 Å². The number of H-pyrrole nitrogens is 1. The molecule has 0 saturated heterocycles. The van der Waals surface area contributed by atoms with Gasteiger partial charge in [-0.1, -0.05) is 37.0 Å². The van der Waals surface area contributed by atoms with Crippen LogP contribution in [0.3, 0.4) is 0 Å². The minimum atomic E-state index is -4.06. The molecule has 0 amide bonds. The van der Waals surface area contributed by atoms with Crippen LogP contribution < -0.4 is 20.7 Å². The van der Waals surface area contributed by atoms with Gasteiger partial charge in [0, 0.05) is 12.1 Å². The Bertz CT molecular complexity index is 1590. The molecule has 13 heteroatoms. The number of halogens is 2. The van der Waals surface area contributed by atoms with Crippen molar-refractivity contribution >= 4 is 33.2 Å². The van der Waals surface area contributed by atoms with Gasteiger partial charge in [-0.3, -0.25) is 9.78 Å². The van der Waals surface area contributed by atoms with Crippen LogP contribution in [0.1, 0.15) is 33.1 Å². The largest absolute Gasteiger partial charge is 0.507 e. The standard InChI is InChI=1S/C24H24Cl2N4O6S/c1-24(2)12-3-5-18(15(24)7-12)29-37(34,35)20-10-14(4-6-19(20)31)36-22-16(25)8-13(9-17(22)26)30-23(33)28-21(32)11-27-30/h4,6,8-12,15,18,29,31H,3,5,7H2,1-2H3,(H,28,32,33). The van der Waals surface area contributed by atoms with Crippen LogP contribution in [-0.2, 0) is 10.0 Å². The summed E-state index contributed by atoms with van der Waals surface area (Å²) in [6.07, 6.45) is 3.62. The van der Waals surface area contributed by atoms with Crippen molar-refractivity contribution in [1.29, 1.82) is 0 Å². The number of rotatable bonds is 6. The maximum absolute atomic E-state index is 13.2. The zero-order chi connectivity index (χ0) is 26.7. The molecule has 37 heavy (non-hydrogen) atoms. The number of nitrogens with zero attached hydrogens (tertiary/aromatic N) is 2. The van der Waals surface area contributed by atoms with Gasteiger partial charge < -0.3 is 9.84 Å². The van der Waals surface area contributed by atoms with Gasteiger partial charge in [-0.15, -0.1) is 0 Å². The number of nitrogens with one attached hydrogen (secondary N) is 2. The maximum atomic E-state index is 13.2. The predicted molar refractivity (Wildman–Crippen MR) is 137 cm³/mol. The van der Waals surface area contributed by atoms with Crippen LogP contribution in [0.4, 0.5) is 0 Å². The Balaban J connectivity index is 1.41. The van der Waals surface area contributed by atoms with Gasteiger partial charge in [0.1, 0.15) is 22.6 Å². The summed E-state index contributed by atoms with van der Waals surface area (Å²) in [7, 11) is -4.06. The molecule has 196 valence electrons. The summed E-state index contributed by atoms with van der Waals surface area (Å²) >= 11 is 12.7. The molecule has 2 aromatic carbocycles. The Labute approximate surface area is 222 Å². The van der Waals surface area contributed by atoms with Crippen molar-refractivity contribution < 1.29 is 18.3 Å². The van der Waals surface area contributed by atoms with Crippen molar-refractivity contribution in [1.82, 2.24) is 19.5 Å². The lowest BCUT2D eigenvalue weighted by atomic mass is 9.47. The molecule has 0 aliphatic heterocycles. The number of sulfonamides is 1. The van der Waals surface area contributed by atoms with E-state index >= 15 is 0 Å². The van der Waals surface area contributed by atoms with Crippen LogP contribution in [0, 0.1) is 17.3 Å². The first-order chi connectivity index (χ1) is 17.4. The van der Waals surface area contributed by atoms with Gasteiger partial charge in [0.05, 0.1) is 15.7 Å². The third-order valence-electron chi connectivity index (χ3n) is 7.55. The highest BCUT2D eigenvalue weighted by atomic mass is 35.5. The van der Waals surface area contributed by atoms with Gasteiger partial charge in [-0.25, -0.2) is 17.9 Å². The van der Waals surface area contributed by atoms with E-state index in [1.54, 1.807) is 0 Å². The molecular weight excluding hydrogens is 543 g/mol. The Hall–Kier alpha value is -2.86. The second-order valence-corrected chi connectivity index (χ2v) is 12.5. The van der Waals surface area contributed by atoms with E-state index < -0.39 is 27.0 Å². The first-order valence-electron chi connectivity index (χ1n) is 11.6. The normalized spacial score (nSPS) is 22.3. The molecule has 0 radical (unpaired) electrons. The summed E-state index contributed by atoms with van der Waals surface area (Å²) in [4.78, 5) is 25.1. The van der Waals surface area contributed by atoms with Crippen LogP contribution >= 0.6 is 23.2 Å². The fraction of sp³-hybridized carbons (Fsp3) is 0.375. The second kappa shape index (κ2) is 9.16. The first-order valence-corrected chi connectivity index (χ1v) is 13.8. The average molecular weight is 567 g/mol. The minimum absolute atomic E-state index is 0.00101. The molecule has 3 aromatic rings. The highest BCUT2D eigenvalue weighted by molar-refractivity contribution is 7.89. The number of aromatic hydroxyl groups is 1. The fourth-order valence-corrected chi connectivity index (χ4v) is 7.38. The number of benzene rings is 2. The topological polar surface area (TPSA) is 143 Å². The smallest absolute Gasteiger partial charge is 0.349 e. The number of aromatic amines is 1. The van der Waals surface area contributed by atoms with Gasteiger partial charge in [-0.2, -0.15) is 9.78 Å². The Kier molecular flexibility index (Phi) is 6.38. The SMILES string of the molecule is CC1(C)C2CCC(NS(=O)(=O)c3cc(Oc4c(Cl)cc(-n5ncc(=O)[nH]c5=O)cc4Cl)ccc3O)C1C2. The summed E-state index contributed by atoms with van der Waals surface area (Å²) in [5, 5.41) is 14.1. The van der Waals surface area contributed by atoms with Crippen molar-refractivity contribution in [2.24, 2.45) is 17.3 Å². The molecule has 10 nitrogen and oxygen atoms in total. The molecule has 2 bridgehead atoms. The molecule has 3 saturated carbocycles. The number of phenolic OH excluding ortho intramolecular Hbond substituents is 1. The minimum Gasteiger partial charge on any atom is -0.507 e. The lowest BCUT2D eigenvalue weighted by molar-refractivity contribution is -0.0816. The number of hydrogen-bond acceptors (Lipinski definition) is 7. The number of phenols is 1. The van der Waals surface area contributed by atoms with E-state index in [1.165, 1.54) is 30.3 Å². The molecular formula is C24H24Cl2N4O6S. The molecule has 3 aliphatic rings. The van der Waals surface area contributed by atoms with E-state index in [9.17, 15) is 23.1 Å². The fourth-order valence-electron chi connectivity index (χ4n) is 5.41. The number of fused-ring (bicyclic) bond motifs is 2. The van der Waals surface area contributed by atoms with Crippen LogP contribution in [-0.4, -0.2) is 34.3 Å². The van der Waals surface area contributed by atoms with E-state index in [4.69, 9.17) is 27.9 Å². The first kappa shape index (κ1) is 25.8. The van der Waals surface area contributed by atoms with Crippen LogP contribution in [0.15, 0.2) is 51.0 Å². The Morgan fingerprint density at radius 2 is 1.86 bits per heavy atom. The Morgan fingerprint density at radius 3 is 2.49 bits per heavy atom. The van der Waals surface area contributed by atoms with Gasteiger partial charge in [0.2, 0.25) is 10.0 Å². The van der Waals surface area contributed by atoms with Crippen LogP contribution in [0.2, 0.25) is 10.0 Å². The monoisotopic (exact) mass is 566 g/mol. The predicted octanol–water partition coefficient (Wildman–Crippen LogP) is 3.83. The van der Waals surface area contributed by atoms with Crippen molar-refractivity contribution in [2.45, 2.75) is 44.0 Å². The lowest BCUT2D eigenvalue weighted by Gasteiger charge is -2.59. The summed E-state index contributed by atoms with van der Waals surface area (Å²) in [5.74, 6) is 0.506.